The molecule has 2 heterocycles. The fraction of sp³-hybridized carbons (Fsp3) is 0.500. The number of benzene rings is 1. The highest BCUT2D eigenvalue weighted by molar-refractivity contribution is 7.99. The lowest BCUT2D eigenvalue weighted by Gasteiger charge is -2.33. The molecule has 2 aromatic rings. The number of carbonyl (C=O) groups excluding carboxylic acids is 2. The lowest BCUT2D eigenvalue weighted by Crippen LogP contribution is -2.51. The summed E-state index contributed by atoms with van der Waals surface area (Å²) < 4.78 is 1.61. The van der Waals surface area contributed by atoms with Crippen molar-refractivity contribution in [1.82, 2.24) is 25.1 Å². The molecule has 27 heavy (non-hydrogen) atoms. The fourth-order valence-corrected chi connectivity index (χ4v) is 3.94. The summed E-state index contributed by atoms with van der Waals surface area (Å²) in [5.41, 5.74) is 7.52. The van der Waals surface area contributed by atoms with Gasteiger partial charge in [-0.3, -0.25) is 9.59 Å². The molecule has 9 heteroatoms. The van der Waals surface area contributed by atoms with Gasteiger partial charge in [0.1, 0.15) is 6.04 Å². The van der Waals surface area contributed by atoms with E-state index in [1.165, 1.54) is 17.3 Å². The van der Waals surface area contributed by atoms with Crippen molar-refractivity contribution in [3.63, 3.8) is 0 Å². The molecule has 1 saturated heterocycles. The highest BCUT2D eigenvalue weighted by Crippen LogP contribution is 2.23. The van der Waals surface area contributed by atoms with Gasteiger partial charge in [-0.25, -0.2) is 0 Å². The number of nitrogens with two attached hydrogens (primary N) is 1. The normalized spacial score (nSPS) is 17.3. The van der Waals surface area contributed by atoms with Crippen LogP contribution in [0.2, 0.25) is 0 Å². The van der Waals surface area contributed by atoms with Crippen molar-refractivity contribution < 1.29 is 9.59 Å². The van der Waals surface area contributed by atoms with Gasteiger partial charge >= 0.3 is 0 Å². The van der Waals surface area contributed by atoms with E-state index >= 15 is 0 Å². The molecule has 1 aromatic heterocycles. The molecule has 1 aromatic carbocycles. The van der Waals surface area contributed by atoms with Gasteiger partial charge in [-0.05, 0) is 53.3 Å². The molecule has 0 unspecified atom stereocenters. The predicted molar refractivity (Wildman–Crippen MR) is 103 cm³/mol. The van der Waals surface area contributed by atoms with E-state index < -0.39 is 11.9 Å². The number of amides is 2. The number of hydrogen-bond acceptors (Lipinski definition) is 6. The Balaban J connectivity index is 1.68. The molecule has 1 aliphatic rings. The Morgan fingerprint density at radius 1 is 1.26 bits per heavy atom. The minimum atomic E-state index is -0.508. The van der Waals surface area contributed by atoms with Crippen LogP contribution in [0.15, 0.2) is 29.4 Å². The van der Waals surface area contributed by atoms with Crippen molar-refractivity contribution >= 4 is 23.6 Å². The molecule has 0 aliphatic carbocycles. The molecule has 144 valence electrons. The summed E-state index contributed by atoms with van der Waals surface area (Å²) in [7, 11) is 0. The molecule has 0 saturated carbocycles. The molecule has 0 bridgehead atoms. The van der Waals surface area contributed by atoms with E-state index in [1.54, 1.807) is 9.58 Å². The number of thioether (sulfide) groups is 1. The van der Waals surface area contributed by atoms with Gasteiger partial charge in [-0.2, -0.15) is 4.68 Å². The van der Waals surface area contributed by atoms with E-state index in [9.17, 15) is 9.59 Å². The minimum absolute atomic E-state index is 0.117. The van der Waals surface area contributed by atoms with Crippen molar-refractivity contribution in [3.05, 3.63) is 29.8 Å². The first kappa shape index (κ1) is 19.3. The van der Waals surface area contributed by atoms with Crippen molar-refractivity contribution in [2.45, 2.75) is 50.2 Å². The topological polar surface area (TPSA) is 107 Å². The summed E-state index contributed by atoms with van der Waals surface area (Å²) >= 11 is 1.26. The van der Waals surface area contributed by atoms with Gasteiger partial charge in [-0.15, -0.1) is 5.10 Å². The minimum Gasteiger partial charge on any atom is -0.368 e. The number of tetrazole rings is 1. The molecule has 1 atom stereocenters. The highest BCUT2D eigenvalue weighted by Gasteiger charge is 2.30. The number of hydrogen-bond donors (Lipinski definition) is 1. The van der Waals surface area contributed by atoms with Gasteiger partial charge < -0.3 is 10.6 Å². The summed E-state index contributed by atoms with van der Waals surface area (Å²) in [5, 5.41) is 12.3. The lowest BCUT2D eigenvalue weighted by molar-refractivity contribution is -0.138. The van der Waals surface area contributed by atoms with Gasteiger partial charge in [0.25, 0.3) is 0 Å². The van der Waals surface area contributed by atoms with Crippen LogP contribution in [-0.4, -0.2) is 55.3 Å². The average Bonchev–Trinajstić information content (AvgIpc) is 3.14. The summed E-state index contributed by atoms with van der Waals surface area (Å²) in [5.74, 6) is 0.0484. The molecular formula is C18H24N6O2S. The van der Waals surface area contributed by atoms with Gasteiger partial charge in [0, 0.05) is 6.54 Å². The average molecular weight is 388 g/mol. The number of carbonyl (C=O) groups is 2. The van der Waals surface area contributed by atoms with E-state index in [-0.39, 0.29) is 11.7 Å². The monoisotopic (exact) mass is 388 g/mol. The van der Waals surface area contributed by atoms with E-state index in [1.807, 2.05) is 24.3 Å². The molecular weight excluding hydrogens is 364 g/mol. The third-order valence-corrected chi connectivity index (χ3v) is 5.63. The number of primary amides is 1. The third-order valence-electron chi connectivity index (χ3n) is 4.72. The van der Waals surface area contributed by atoms with Crippen molar-refractivity contribution in [3.8, 4) is 5.69 Å². The standard InChI is InChI=1S/C18H24N6O2S/c1-12(2)13-6-8-14(9-7-13)24-18(20-21-22-24)27-11-16(25)23-10-4-3-5-15(23)17(19)26/h6-9,12,15H,3-5,10-11H2,1-2H3,(H2,19,26)/t15-/m0/s1. The van der Waals surface area contributed by atoms with Crippen LogP contribution in [0.5, 0.6) is 0 Å². The van der Waals surface area contributed by atoms with Crippen molar-refractivity contribution in [2.75, 3.05) is 12.3 Å². The van der Waals surface area contributed by atoms with Crippen molar-refractivity contribution in [1.29, 1.82) is 0 Å². The maximum Gasteiger partial charge on any atom is 0.240 e. The van der Waals surface area contributed by atoms with Crippen LogP contribution >= 0.6 is 11.8 Å². The van der Waals surface area contributed by atoms with Crippen LogP contribution in [0.1, 0.15) is 44.6 Å². The lowest BCUT2D eigenvalue weighted by atomic mass is 10.0. The SMILES string of the molecule is CC(C)c1ccc(-n2nnnc2SCC(=O)N2CCCC[C@H]2C(N)=O)cc1. The Hall–Kier alpha value is -2.42. The van der Waals surface area contributed by atoms with Crippen molar-refractivity contribution in [2.24, 2.45) is 5.73 Å². The first-order chi connectivity index (χ1) is 13.0. The maximum absolute atomic E-state index is 12.6. The van der Waals surface area contributed by atoms with Crippen LogP contribution < -0.4 is 5.73 Å². The Labute approximate surface area is 162 Å². The van der Waals surface area contributed by atoms with Crippen LogP contribution in [0.3, 0.4) is 0 Å². The second kappa shape index (κ2) is 8.51. The molecule has 1 fully saturated rings. The van der Waals surface area contributed by atoms with E-state index in [0.29, 0.717) is 24.0 Å². The Kier molecular flexibility index (Phi) is 6.10. The van der Waals surface area contributed by atoms with E-state index in [2.05, 4.69) is 29.4 Å². The fourth-order valence-electron chi connectivity index (χ4n) is 3.17. The van der Waals surface area contributed by atoms with E-state index in [0.717, 1.165) is 18.5 Å². The molecule has 3 rings (SSSR count). The molecule has 0 spiro atoms. The Morgan fingerprint density at radius 2 is 2.00 bits per heavy atom. The van der Waals surface area contributed by atoms with Crippen LogP contribution in [0, 0.1) is 0 Å². The second-order valence-corrected chi connectivity index (χ2v) is 7.85. The zero-order valence-corrected chi connectivity index (χ0v) is 16.4. The number of piperidine rings is 1. The van der Waals surface area contributed by atoms with Crippen LogP contribution in [-0.2, 0) is 9.59 Å². The molecule has 8 nitrogen and oxygen atoms in total. The predicted octanol–water partition coefficient (Wildman–Crippen LogP) is 1.74. The van der Waals surface area contributed by atoms with Gasteiger partial charge in [0.15, 0.2) is 0 Å². The largest absolute Gasteiger partial charge is 0.368 e. The quantitative estimate of drug-likeness (QED) is 0.756. The molecule has 2 N–H and O–H groups in total. The first-order valence-corrected chi connectivity index (χ1v) is 10.1. The molecule has 0 radical (unpaired) electrons. The Bertz CT molecular complexity index is 804. The summed E-state index contributed by atoms with van der Waals surface area (Å²) in [6.45, 7) is 4.84. The smallest absolute Gasteiger partial charge is 0.240 e. The number of nitrogens with zero attached hydrogens (tertiary/aromatic N) is 5. The van der Waals surface area contributed by atoms with Crippen LogP contribution in [0.4, 0.5) is 0 Å². The highest BCUT2D eigenvalue weighted by atomic mass is 32.2. The molecule has 1 aliphatic heterocycles. The number of rotatable bonds is 6. The summed E-state index contributed by atoms with van der Waals surface area (Å²) in [6, 6.07) is 7.52. The summed E-state index contributed by atoms with van der Waals surface area (Å²) in [4.78, 5) is 25.8. The summed E-state index contributed by atoms with van der Waals surface area (Å²) in [6.07, 6.45) is 2.43. The second-order valence-electron chi connectivity index (χ2n) is 6.91. The van der Waals surface area contributed by atoms with E-state index in [4.69, 9.17) is 5.73 Å². The van der Waals surface area contributed by atoms with Crippen LogP contribution in [0.25, 0.3) is 5.69 Å². The van der Waals surface area contributed by atoms with Gasteiger partial charge in [0.2, 0.25) is 17.0 Å². The Morgan fingerprint density at radius 3 is 2.67 bits per heavy atom. The zero-order valence-electron chi connectivity index (χ0n) is 15.5. The number of likely N-dealkylation sites (tertiary alicyclic amines) is 1. The zero-order chi connectivity index (χ0) is 19.4. The van der Waals surface area contributed by atoms with Gasteiger partial charge in [0.05, 0.1) is 11.4 Å². The maximum atomic E-state index is 12.6. The molecule has 2 amide bonds. The third kappa shape index (κ3) is 4.47. The number of aromatic nitrogens is 4. The van der Waals surface area contributed by atoms with Gasteiger partial charge in [-0.1, -0.05) is 37.7 Å². The first-order valence-electron chi connectivity index (χ1n) is 9.07.